The Hall–Kier alpha value is -3.95. The number of hydrogen-bond donors (Lipinski definition) is 2. The minimum absolute atomic E-state index is 0.0367. The standard InChI is InChI=1S/C21H20N4O6/c1-21(2,3)11-4-7-15-16(8-11)31-17(10-30-15)19(26)24-23-18-13-9-12(25(28)29)5-6-14(13)22-20(18)27/h4-9,17,22,27H,10H2,1-3H3/t17-/m1/s1. The summed E-state index contributed by atoms with van der Waals surface area (Å²) >= 11 is 0. The van der Waals surface area contributed by atoms with Gasteiger partial charge < -0.3 is 19.6 Å². The number of non-ortho nitro benzene ring substituents is 1. The number of aromatic hydroxyl groups is 1. The van der Waals surface area contributed by atoms with Crippen molar-refractivity contribution < 1.29 is 24.3 Å². The van der Waals surface area contributed by atoms with Gasteiger partial charge in [-0.05, 0) is 29.2 Å². The minimum Gasteiger partial charge on any atom is -0.493 e. The van der Waals surface area contributed by atoms with Gasteiger partial charge in [0.15, 0.2) is 17.2 Å². The molecule has 0 saturated carbocycles. The minimum atomic E-state index is -1.01. The zero-order valence-corrected chi connectivity index (χ0v) is 17.1. The van der Waals surface area contributed by atoms with Gasteiger partial charge in [0.05, 0.1) is 10.4 Å². The molecule has 2 heterocycles. The van der Waals surface area contributed by atoms with Crippen LogP contribution in [0.5, 0.6) is 17.4 Å². The van der Waals surface area contributed by atoms with E-state index in [1.807, 2.05) is 12.1 Å². The van der Waals surface area contributed by atoms with Crippen molar-refractivity contribution >= 4 is 28.2 Å². The third-order valence-corrected chi connectivity index (χ3v) is 4.94. The number of carbonyl (C=O) groups is 1. The van der Waals surface area contributed by atoms with Crippen LogP contribution < -0.4 is 9.47 Å². The molecule has 3 aromatic rings. The molecular weight excluding hydrogens is 404 g/mol. The van der Waals surface area contributed by atoms with E-state index in [9.17, 15) is 20.0 Å². The summed E-state index contributed by atoms with van der Waals surface area (Å²) in [6.45, 7) is 6.15. The lowest BCUT2D eigenvalue weighted by Crippen LogP contribution is -2.35. The number of nitro benzene ring substituents is 1. The van der Waals surface area contributed by atoms with Gasteiger partial charge in [-0.3, -0.25) is 14.9 Å². The first-order valence-electron chi connectivity index (χ1n) is 9.52. The van der Waals surface area contributed by atoms with Crippen molar-refractivity contribution in [3.63, 3.8) is 0 Å². The molecule has 4 rings (SSSR count). The zero-order valence-electron chi connectivity index (χ0n) is 17.1. The molecule has 1 aliphatic rings. The first-order valence-corrected chi connectivity index (χ1v) is 9.52. The summed E-state index contributed by atoms with van der Waals surface area (Å²) in [5.41, 5.74) is 1.09. The van der Waals surface area contributed by atoms with Crippen molar-refractivity contribution in [2.24, 2.45) is 10.2 Å². The molecule has 2 aromatic carbocycles. The molecule has 1 atom stereocenters. The Balaban J connectivity index is 1.57. The van der Waals surface area contributed by atoms with Gasteiger partial charge >= 0.3 is 5.91 Å². The number of ether oxygens (including phenoxy) is 2. The van der Waals surface area contributed by atoms with E-state index < -0.39 is 16.9 Å². The number of amides is 1. The van der Waals surface area contributed by atoms with Crippen LogP contribution in [0.25, 0.3) is 10.9 Å². The largest absolute Gasteiger partial charge is 0.493 e. The molecule has 10 nitrogen and oxygen atoms in total. The molecule has 0 bridgehead atoms. The first-order chi connectivity index (χ1) is 14.6. The van der Waals surface area contributed by atoms with Gasteiger partial charge in [-0.2, -0.15) is 0 Å². The second-order valence-electron chi connectivity index (χ2n) is 8.18. The normalized spacial score (nSPS) is 16.0. The highest BCUT2D eigenvalue weighted by Crippen LogP contribution is 2.38. The maximum absolute atomic E-state index is 12.5. The number of carbonyl (C=O) groups excluding carboxylic acids is 1. The maximum atomic E-state index is 12.5. The molecule has 1 aliphatic heterocycles. The Labute approximate surface area is 176 Å². The van der Waals surface area contributed by atoms with Crippen LogP contribution >= 0.6 is 0 Å². The summed E-state index contributed by atoms with van der Waals surface area (Å²) < 4.78 is 11.4. The lowest BCUT2D eigenvalue weighted by Gasteiger charge is -2.27. The van der Waals surface area contributed by atoms with Crippen LogP contribution in [0.3, 0.4) is 0 Å². The fourth-order valence-corrected chi connectivity index (χ4v) is 3.19. The monoisotopic (exact) mass is 424 g/mol. The second kappa shape index (κ2) is 7.38. The second-order valence-corrected chi connectivity index (χ2v) is 8.18. The Kier molecular flexibility index (Phi) is 4.84. The summed E-state index contributed by atoms with van der Waals surface area (Å²) in [5, 5.41) is 28.8. The molecule has 10 heteroatoms. The van der Waals surface area contributed by atoms with Gasteiger partial charge in [-0.25, -0.2) is 0 Å². The molecule has 0 spiro atoms. The van der Waals surface area contributed by atoms with E-state index in [-0.39, 0.29) is 34.7 Å². The van der Waals surface area contributed by atoms with Crippen molar-refractivity contribution in [1.82, 2.24) is 4.98 Å². The number of H-pyrrole nitrogens is 1. The topological polar surface area (TPSA) is 139 Å². The SMILES string of the molecule is CC(C)(C)c1ccc2c(c1)O[C@@H](C(=O)N=Nc1c(O)[nH]c3ccc([N+](=O)[O-])cc13)CO2. The summed E-state index contributed by atoms with van der Waals surface area (Å²) in [5.74, 6) is -0.0765. The molecule has 2 N–H and O–H groups in total. The third-order valence-electron chi connectivity index (χ3n) is 4.94. The van der Waals surface area contributed by atoms with E-state index in [1.54, 1.807) is 6.07 Å². The number of azo groups is 1. The number of rotatable bonds is 3. The van der Waals surface area contributed by atoms with Gasteiger partial charge in [0.25, 0.3) is 5.69 Å². The molecule has 160 valence electrons. The first kappa shape index (κ1) is 20.3. The summed E-state index contributed by atoms with van der Waals surface area (Å²) in [6.07, 6.45) is -1.01. The molecule has 1 amide bonds. The van der Waals surface area contributed by atoms with Gasteiger partial charge in [0.2, 0.25) is 12.0 Å². The lowest BCUT2D eigenvalue weighted by molar-refractivity contribution is -0.384. The summed E-state index contributed by atoms with van der Waals surface area (Å²) in [4.78, 5) is 25.6. The van der Waals surface area contributed by atoms with E-state index in [2.05, 4.69) is 36.0 Å². The van der Waals surface area contributed by atoms with E-state index in [0.717, 1.165) is 5.56 Å². The van der Waals surface area contributed by atoms with Crippen molar-refractivity contribution in [1.29, 1.82) is 0 Å². The van der Waals surface area contributed by atoms with Crippen LogP contribution in [0.4, 0.5) is 11.4 Å². The number of hydrogen-bond acceptors (Lipinski definition) is 7. The van der Waals surface area contributed by atoms with Crippen LogP contribution in [0.15, 0.2) is 46.6 Å². The van der Waals surface area contributed by atoms with Crippen molar-refractivity contribution in [3.8, 4) is 17.4 Å². The van der Waals surface area contributed by atoms with Crippen LogP contribution in [0.1, 0.15) is 26.3 Å². The van der Waals surface area contributed by atoms with Gasteiger partial charge in [-0.15, -0.1) is 10.2 Å². The fraction of sp³-hybridized carbons (Fsp3) is 0.286. The third kappa shape index (κ3) is 3.91. The molecular formula is C21H20N4O6. The van der Waals surface area contributed by atoms with E-state index in [4.69, 9.17) is 9.47 Å². The fourth-order valence-electron chi connectivity index (χ4n) is 3.19. The Bertz CT molecular complexity index is 1220. The van der Waals surface area contributed by atoms with E-state index >= 15 is 0 Å². The van der Waals surface area contributed by atoms with Crippen LogP contribution in [-0.2, 0) is 10.2 Å². The molecule has 0 aliphatic carbocycles. The molecule has 0 radical (unpaired) electrons. The number of nitrogens with one attached hydrogen (secondary N) is 1. The Morgan fingerprint density at radius 2 is 2.00 bits per heavy atom. The molecule has 31 heavy (non-hydrogen) atoms. The summed E-state index contributed by atoms with van der Waals surface area (Å²) in [6, 6.07) is 9.56. The Morgan fingerprint density at radius 3 is 2.71 bits per heavy atom. The molecule has 0 saturated heterocycles. The van der Waals surface area contributed by atoms with Gasteiger partial charge in [0.1, 0.15) is 6.61 Å². The smallest absolute Gasteiger partial charge is 0.308 e. The van der Waals surface area contributed by atoms with E-state index in [1.165, 1.54) is 18.2 Å². The summed E-state index contributed by atoms with van der Waals surface area (Å²) in [7, 11) is 0. The molecule has 0 fully saturated rings. The van der Waals surface area contributed by atoms with Gasteiger partial charge in [0, 0.05) is 17.5 Å². The zero-order chi connectivity index (χ0) is 22.3. The van der Waals surface area contributed by atoms with Crippen LogP contribution in [0, 0.1) is 10.1 Å². The lowest BCUT2D eigenvalue weighted by atomic mass is 9.87. The highest BCUT2D eigenvalue weighted by atomic mass is 16.6. The highest BCUT2D eigenvalue weighted by Gasteiger charge is 2.29. The molecule has 0 unspecified atom stereocenters. The van der Waals surface area contributed by atoms with Crippen molar-refractivity contribution in [2.75, 3.05) is 6.61 Å². The predicted octanol–water partition coefficient (Wildman–Crippen LogP) is 4.53. The van der Waals surface area contributed by atoms with Crippen molar-refractivity contribution in [2.45, 2.75) is 32.3 Å². The quantitative estimate of drug-likeness (QED) is 0.360. The van der Waals surface area contributed by atoms with Crippen molar-refractivity contribution in [3.05, 3.63) is 52.1 Å². The average molecular weight is 424 g/mol. The highest BCUT2D eigenvalue weighted by molar-refractivity contribution is 5.96. The number of aromatic amines is 1. The maximum Gasteiger partial charge on any atom is 0.308 e. The number of fused-ring (bicyclic) bond motifs is 2. The van der Waals surface area contributed by atoms with Crippen LogP contribution in [-0.4, -0.2) is 33.6 Å². The Morgan fingerprint density at radius 1 is 1.23 bits per heavy atom. The van der Waals surface area contributed by atoms with E-state index in [0.29, 0.717) is 17.0 Å². The predicted molar refractivity (Wildman–Crippen MR) is 111 cm³/mol. The number of nitrogens with zero attached hydrogens (tertiary/aromatic N) is 3. The average Bonchev–Trinajstić information content (AvgIpc) is 3.04. The number of nitro groups is 1. The molecule has 1 aromatic heterocycles. The number of aromatic nitrogens is 1. The van der Waals surface area contributed by atoms with Crippen LogP contribution in [0.2, 0.25) is 0 Å². The van der Waals surface area contributed by atoms with Gasteiger partial charge in [-0.1, -0.05) is 26.8 Å². The number of benzene rings is 2.